The van der Waals surface area contributed by atoms with Crippen LogP contribution in [0.3, 0.4) is 0 Å². The van der Waals surface area contributed by atoms with Crippen LogP contribution in [0.25, 0.3) is 0 Å². The molecule has 1 rings (SSSR count). The van der Waals surface area contributed by atoms with E-state index in [1.807, 2.05) is 13.0 Å². The maximum Gasteiger partial charge on any atom is 0.308 e. The highest BCUT2D eigenvalue weighted by atomic mass is 16.5. The molecule has 5 heteroatoms. The summed E-state index contributed by atoms with van der Waals surface area (Å²) in [5, 5.41) is 28.6. The van der Waals surface area contributed by atoms with Gasteiger partial charge in [-0.2, -0.15) is 5.26 Å². The molecule has 2 N–H and O–H groups in total. The lowest BCUT2D eigenvalue weighted by Gasteiger charge is -2.18. The Hall–Kier alpha value is -1.90. The van der Waals surface area contributed by atoms with E-state index in [0.29, 0.717) is 5.56 Å². The number of hydrogen-bond donors (Lipinski definition) is 2. The van der Waals surface area contributed by atoms with Gasteiger partial charge < -0.3 is 14.9 Å². The van der Waals surface area contributed by atoms with Gasteiger partial charge in [-0.05, 0) is 13.0 Å². The van der Waals surface area contributed by atoms with Gasteiger partial charge >= 0.3 is 5.97 Å². The molecule has 0 saturated heterocycles. The maximum absolute atomic E-state index is 11.0. The Morgan fingerprint density at radius 2 is 2.17 bits per heavy atom. The summed E-state index contributed by atoms with van der Waals surface area (Å²) >= 11 is 0. The minimum absolute atomic E-state index is 0.275. The molecule has 0 bridgehead atoms. The largest absolute Gasteiger partial charge is 0.469 e. The molecule has 0 heterocycles. The van der Waals surface area contributed by atoms with E-state index in [2.05, 4.69) is 4.74 Å². The molecule has 1 aromatic carbocycles. The van der Waals surface area contributed by atoms with E-state index in [1.165, 1.54) is 7.11 Å². The molecule has 2 atom stereocenters. The average Bonchev–Trinajstić information content (AvgIpc) is 2.37. The van der Waals surface area contributed by atoms with Crippen LogP contribution in [0.4, 0.5) is 0 Å². The van der Waals surface area contributed by atoms with E-state index in [9.17, 15) is 15.0 Å². The van der Waals surface area contributed by atoms with Gasteiger partial charge in [0, 0.05) is 5.56 Å². The van der Waals surface area contributed by atoms with Gasteiger partial charge in [0.15, 0.2) is 0 Å². The molecule has 5 nitrogen and oxygen atoms in total. The van der Waals surface area contributed by atoms with Crippen LogP contribution in [0.15, 0.2) is 18.2 Å². The fourth-order valence-corrected chi connectivity index (χ4v) is 1.60. The van der Waals surface area contributed by atoms with Crippen molar-refractivity contribution in [1.82, 2.24) is 0 Å². The van der Waals surface area contributed by atoms with E-state index in [1.54, 1.807) is 18.2 Å². The van der Waals surface area contributed by atoms with Crippen molar-refractivity contribution in [3.63, 3.8) is 0 Å². The van der Waals surface area contributed by atoms with Gasteiger partial charge in [0.25, 0.3) is 0 Å². The zero-order valence-electron chi connectivity index (χ0n) is 10.3. The first-order valence-electron chi connectivity index (χ1n) is 5.43. The van der Waals surface area contributed by atoms with Crippen molar-refractivity contribution in [2.75, 3.05) is 7.11 Å². The summed E-state index contributed by atoms with van der Waals surface area (Å²) in [6, 6.07) is 6.86. The van der Waals surface area contributed by atoms with Gasteiger partial charge in [0.05, 0.1) is 31.3 Å². The number of methoxy groups -OCH3 is 1. The zero-order chi connectivity index (χ0) is 13.7. The second kappa shape index (κ2) is 6.15. The Morgan fingerprint density at radius 1 is 1.50 bits per heavy atom. The minimum atomic E-state index is -1.30. The normalized spacial score (nSPS) is 13.5. The number of aliphatic hydroxyl groups excluding tert-OH is 2. The van der Waals surface area contributed by atoms with Gasteiger partial charge in [-0.3, -0.25) is 4.79 Å². The minimum Gasteiger partial charge on any atom is -0.469 e. The third-order valence-electron chi connectivity index (χ3n) is 2.61. The third-order valence-corrected chi connectivity index (χ3v) is 2.61. The molecule has 0 fully saturated rings. The van der Waals surface area contributed by atoms with Crippen LogP contribution < -0.4 is 0 Å². The van der Waals surface area contributed by atoms with Crippen LogP contribution in [0.2, 0.25) is 0 Å². The molecule has 0 aliphatic carbocycles. The summed E-state index contributed by atoms with van der Waals surface area (Å²) in [5.74, 6) is -0.618. The monoisotopic (exact) mass is 249 g/mol. The molecule has 96 valence electrons. The Labute approximate surface area is 105 Å². The molecule has 0 saturated carbocycles. The molecule has 2 unspecified atom stereocenters. The summed E-state index contributed by atoms with van der Waals surface area (Å²) < 4.78 is 4.41. The fourth-order valence-electron chi connectivity index (χ4n) is 1.60. The van der Waals surface area contributed by atoms with E-state index >= 15 is 0 Å². The van der Waals surface area contributed by atoms with Gasteiger partial charge in [0.2, 0.25) is 0 Å². The summed E-state index contributed by atoms with van der Waals surface area (Å²) in [6.45, 7) is 1.81. The van der Waals surface area contributed by atoms with Crippen LogP contribution in [0.5, 0.6) is 0 Å². The molecule has 0 radical (unpaired) electrons. The highest BCUT2D eigenvalue weighted by molar-refractivity contribution is 5.69. The number of aryl methyl sites for hydroxylation is 1. The number of nitriles is 1. The fraction of sp³-hybridized carbons (Fsp3) is 0.385. The lowest BCUT2D eigenvalue weighted by Crippen LogP contribution is -2.23. The predicted molar refractivity (Wildman–Crippen MR) is 63.5 cm³/mol. The van der Waals surface area contributed by atoms with Crippen LogP contribution in [0, 0.1) is 18.3 Å². The number of hydrogen-bond acceptors (Lipinski definition) is 5. The summed E-state index contributed by atoms with van der Waals surface area (Å²) in [4.78, 5) is 11.0. The number of ether oxygens (including phenoxy) is 1. The lowest BCUT2D eigenvalue weighted by molar-refractivity contribution is -0.144. The second-order valence-corrected chi connectivity index (χ2v) is 3.99. The molecular formula is C13H15NO4. The average molecular weight is 249 g/mol. The van der Waals surface area contributed by atoms with Crippen LogP contribution in [-0.2, 0) is 9.53 Å². The number of esters is 1. The molecule has 1 aromatic rings. The highest BCUT2D eigenvalue weighted by Crippen LogP contribution is 2.23. The molecule has 0 aromatic heterocycles. The van der Waals surface area contributed by atoms with Gasteiger partial charge in [-0.15, -0.1) is 0 Å². The molecule has 0 spiro atoms. The van der Waals surface area contributed by atoms with Crippen molar-refractivity contribution in [1.29, 1.82) is 5.26 Å². The first kappa shape index (κ1) is 14.2. The van der Waals surface area contributed by atoms with E-state index in [0.717, 1.165) is 5.56 Å². The smallest absolute Gasteiger partial charge is 0.308 e. The van der Waals surface area contributed by atoms with Crippen molar-refractivity contribution in [2.45, 2.75) is 25.6 Å². The maximum atomic E-state index is 11.0. The number of nitrogens with zero attached hydrogens (tertiary/aromatic N) is 1. The van der Waals surface area contributed by atoms with E-state index in [-0.39, 0.29) is 12.0 Å². The third kappa shape index (κ3) is 3.29. The quantitative estimate of drug-likeness (QED) is 0.771. The Bertz CT molecular complexity index is 478. The van der Waals surface area contributed by atoms with Crippen LogP contribution >= 0.6 is 0 Å². The highest BCUT2D eigenvalue weighted by Gasteiger charge is 2.24. The molecule has 0 aliphatic rings. The number of rotatable bonds is 4. The first-order chi connectivity index (χ1) is 8.49. The van der Waals surface area contributed by atoms with Crippen LogP contribution in [0.1, 0.15) is 29.2 Å². The van der Waals surface area contributed by atoms with Gasteiger partial charge in [-0.1, -0.05) is 17.7 Å². The van der Waals surface area contributed by atoms with E-state index < -0.39 is 18.2 Å². The SMILES string of the molecule is COC(=O)CC(O)C(O)c1cc(C)ccc1C#N. The molecule has 0 aliphatic heterocycles. The van der Waals surface area contributed by atoms with E-state index in [4.69, 9.17) is 5.26 Å². The first-order valence-corrected chi connectivity index (χ1v) is 5.43. The predicted octanol–water partition coefficient (Wildman–Crippen LogP) is 0.824. The van der Waals surface area contributed by atoms with Gasteiger partial charge in [0.1, 0.15) is 6.10 Å². The topological polar surface area (TPSA) is 90.6 Å². The number of aliphatic hydroxyl groups is 2. The number of carbonyl (C=O) groups excluding carboxylic acids is 1. The van der Waals surface area contributed by atoms with Crippen LogP contribution in [-0.4, -0.2) is 29.4 Å². The lowest BCUT2D eigenvalue weighted by atomic mass is 9.96. The Balaban J connectivity index is 2.96. The standard InChI is InChI=1S/C13H15NO4/c1-8-3-4-9(7-14)10(5-8)13(17)11(15)6-12(16)18-2/h3-5,11,13,15,17H,6H2,1-2H3. The van der Waals surface area contributed by atoms with Gasteiger partial charge in [-0.25, -0.2) is 0 Å². The Kier molecular flexibility index (Phi) is 4.84. The van der Waals surface area contributed by atoms with Crippen molar-refractivity contribution >= 4 is 5.97 Å². The zero-order valence-corrected chi connectivity index (χ0v) is 10.3. The number of carbonyl (C=O) groups is 1. The van der Waals surface area contributed by atoms with Crippen molar-refractivity contribution in [3.05, 3.63) is 34.9 Å². The molecular weight excluding hydrogens is 234 g/mol. The Morgan fingerprint density at radius 3 is 2.72 bits per heavy atom. The van der Waals surface area contributed by atoms with Crippen molar-refractivity contribution in [3.8, 4) is 6.07 Å². The number of benzene rings is 1. The second-order valence-electron chi connectivity index (χ2n) is 3.99. The van der Waals surface area contributed by atoms with Crippen molar-refractivity contribution in [2.24, 2.45) is 0 Å². The van der Waals surface area contributed by atoms with Crippen molar-refractivity contribution < 1.29 is 19.7 Å². The summed E-state index contributed by atoms with van der Waals surface area (Å²) in [6.07, 6.45) is -2.92. The summed E-state index contributed by atoms with van der Waals surface area (Å²) in [5.41, 5.74) is 1.44. The molecule has 0 amide bonds. The summed E-state index contributed by atoms with van der Waals surface area (Å²) in [7, 11) is 1.20. The molecule has 18 heavy (non-hydrogen) atoms.